The zero-order valence-corrected chi connectivity index (χ0v) is 13.1. The molecule has 0 fully saturated rings. The summed E-state index contributed by atoms with van der Waals surface area (Å²) in [4.78, 5) is 4.43. The van der Waals surface area contributed by atoms with Crippen molar-refractivity contribution in [3.63, 3.8) is 0 Å². The topological polar surface area (TPSA) is 55.9 Å². The van der Waals surface area contributed by atoms with E-state index in [1.54, 1.807) is 0 Å². The second kappa shape index (κ2) is 8.80. The van der Waals surface area contributed by atoms with Crippen LogP contribution in [0.1, 0.15) is 51.9 Å². The standard InChI is InChI=1S/C17H28N4/c1-2-3-4-5-6-7-10-15(20-18)13-21-14-19-16-11-8-9-12-17(16)21/h8-9,11-12,14-15,20H,2-7,10,13,18H2,1H3. The lowest BCUT2D eigenvalue weighted by Crippen LogP contribution is -2.38. The third-order valence-electron chi connectivity index (χ3n) is 4.09. The molecule has 0 aliphatic rings. The number of rotatable bonds is 10. The van der Waals surface area contributed by atoms with Gasteiger partial charge in [0.25, 0.3) is 0 Å². The first-order valence-electron chi connectivity index (χ1n) is 8.21. The summed E-state index contributed by atoms with van der Waals surface area (Å²) in [5.74, 6) is 5.71. The molecule has 0 aliphatic carbocycles. The highest BCUT2D eigenvalue weighted by Gasteiger charge is 2.09. The van der Waals surface area contributed by atoms with Gasteiger partial charge in [0, 0.05) is 12.6 Å². The van der Waals surface area contributed by atoms with Gasteiger partial charge in [-0.3, -0.25) is 11.3 Å². The molecule has 4 nitrogen and oxygen atoms in total. The monoisotopic (exact) mass is 288 g/mol. The molecule has 0 spiro atoms. The van der Waals surface area contributed by atoms with Gasteiger partial charge in [0.05, 0.1) is 17.4 Å². The highest BCUT2D eigenvalue weighted by Crippen LogP contribution is 2.14. The van der Waals surface area contributed by atoms with E-state index in [-0.39, 0.29) is 0 Å². The quantitative estimate of drug-likeness (QED) is 0.399. The SMILES string of the molecule is CCCCCCCCC(Cn1cnc2ccccc21)NN. The van der Waals surface area contributed by atoms with Crippen LogP contribution in [0.2, 0.25) is 0 Å². The van der Waals surface area contributed by atoms with Crippen LogP contribution in [-0.2, 0) is 6.54 Å². The van der Waals surface area contributed by atoms with E-state index >= 15 is 0 Å². The second-order valence-electron chi connectivity index (χ2n) is 5.81. The molecule has 0 saturated carbocycles. The summed E-state index contributed by atoms with van der Waals surface area (Å²) in [6, 6.07) is 8.55. The number of nitrogens with zero attached hydrogens (tertiary/aromatic N) is 2. The van der Waals surface area contributed by atoms with Crippen molar-refractivity contribution in [2.45, 2.75) is 64.5 Å². The van der Waals surface area contributed by atoms with Gasteiger partial charge in [0.1, 0.15) is 0 Å². The maximum Gasteiger partial charge on any atom is 0.0958 e. The summed E-state index contributed by atoms with van der Waals surface area (Å²) in [5.41, 5.74) is 5.19. The molecule has 1 aromatic heterocycles. The van der Waals surface area contributed by atoms with Gasteiger partial charge in [-0.15, -0.1) is 0 Å². The molecule has 1 aromatic carbocycles. The molecule has 1 heterocycles. The molecule has 116 valence electrons. The normalized spacial score (nSPS) is 12.9. The Kier molecular flexibility index (Phi) is 6.70. The minimum Gasteiger partial charge on any atom is -0.329 e. The van der Waals surface area contributed by atoms with Crippen molar-refractivity contribution < 1.29 is 0 Å². The van der Waals surface area contributed by atoms with Gasteiger partial charge in [0.15, 0.2) is 0 Å². The van der Waals surface area contributed by atoms with Crippen LogP contribution in [0.3, 0.4) is 0 Å². The van der Waals surface area contributed by atoms with E-state index in [1.165, 1.54) is 44.0 Å². The van der Waals surface area contributed by atoms with Crippen molar-refractivity contribution in [3.05, 3.63) is 30.6 Å². The van der Waals surface area contributed by atoms with Crippen molar-refractivity contribution in [2.75, 3.05) is 0 Å². The third-order valence-corrected chi connectivity index (χ3v) is 4.09. The predicted octanol–water partition coefficient (Wildman–Crippen LogP) is 3.62. The van der Waals surface area contributed by atoms with Crippen molar-refractivity contribution >= 4 is 11.0 Å². The van der Waals surface area contributed by atoms with Gasteiger partial charge in [-0.25, -0.2) is 4.98 Å². The maximum atomic E-state index is 5.71. The molecule has 0 aliphatic heterocycles. The number of nitrogens with one attached hydrogen (secondary N) is 1. The summed E-state index contributed by atoms with van der Waals surface area (Å²) in [6.07, 6.45) is 11.0. The Morgan fingerprint density at radius 2 is 1.90 bits per heavy atom. The van der Waals surface area contributed by atoms with E-state index < -0.39 is 0 Å². The van der Waals surface area contributed by atoms with Crippen molar-refractivity contribution in [1.82, 2.24) is 15.0 Å². The van der Waals surface area contributed by atoms with Gasteiger partial charge >= 0.3 is 0 Å². The van der Waals surface area contributed by atoms with Gasteiger partial charge < -0.3 is 4.57 Å². The zero-order chi connectivity index (χ0) is 14.9. The summed E-state index contributed by atoms with van der Waals surface area (Å²) >= 11 is 0. The minimum absolute atomic E-state index is 0.314. The molecule has 3 N–H and O–H groups in total. The summed E-state index contributed by atoms with van der Waals surface area (Å²) in [5, 5.41) is 0. The lowest BCUT2D eigenvalue weighted by Gasteiger charge is -2.17. The number of imidazole rings is 1. The van der Waals surface area contributed by atoms with E-state index in [0.29, 0.717) is 6.04 Å². The summed E-state index contributed by atoms with van der Waals surface area (Å²) < 4.78 is 2.19. The summed E-state index contributed by atoms with van der Waals surface area (Å²) in [7, 11) is 0. The molecule has 1 unspecified atom stereocenters. The average molecular weight is 288 g/mol. The fourth-order valence-electron chi connectivity index (χ4n) is 2.79. The number of aromatic nitrogens is 2. The van der Waals surface area contributed by atoms with E-state index in [1.807, 2.05) is 18.5 Å². The van der Waals surface area contributed by atoms with Crippen LogP contribution in [0.4, 0.5) is 0 Å². The first-order chi connectivity index (χ1) is 10.3. The summed E-state index contributed by atoms with van der Waals surface area (Å²) in [6.45, 7) is 3.13. The first-order valence-corrected chi connectivity index (χ1v) is 8.21. The van der Waals surface area contributed by atoms with Gasteiger partial charge in [-0.1, -0.05) is 57.6 Å². The number of fused-ring (bicyclic) bond motifs is 1. The molecule has 0 bridgehead atoms. The van der Waals surface area contributed by atoms with Gasteiger partial charge in [-0.05, 0) is 18.6 Å². The van der Waals surface area contributed by atoms with Gasteiger partial charge in [-0.2, -0.15) is 0 Å². The highest BCUT2D eigenvalue weighted by atomic mass is 15.2. The Labute approximate surface area is 127 Å². The Hall–Kier alpha value is -1.39. The predicted molar refractivity (Wildman–Crippen MR) is 88.8 cm³/mol. The van der Waals surface area contributed by atoms with E-state index in [0.717, 1.165) is 18.5 Å². The van der Waals surface area contributed by atoms with Crippen molar-refractivity contribution in [2.24, 2.45) is 5.84 Å². The molecular weight excluding hydrogens is 260 g/mol. The zero-order valence-electron chi connectivity index (χ0n) is 13.1. The van der Waals surface area contributed by atoms with Crippen LogP contribution in [0.15, 0.2) is 30.6 Å². The minimum atomic E-state index is 0.314. The molecule has 0 amide bonds. The lowest BCUT2D eigenvalue weighted by molar-refractivity contribution is 0.416. The molecule has 21 heavy (non-hydrogen) atoms. The fraction of sp³-hybridized carbons (Fsp3) is 0.588. The largest absolute Gasteiger partial charge is 0.329 e. The second-order valence-corrected chi connectivity index (χ2v) is 5.81. The van der Waals surface area contributed by atoms with E-state index in [9.17, 15) is 0 Å². The average Bonchev–Trinajstić information content (AvgIpc) is 2.92. The number of benzene rings is 1. The van der Waals surface area contributed by atoms with Crippen LogP contribution < -0.4 is 11.3 Å². The van der Waals surface area contributed by atoms with Crippen LogP contribution in [0.5, 0.6) is 0 Å². The van der Waals surface area contributed by atoms with Crippen LogP contribution in [0, 0.1) is 0 Å². The van der Waals surface area contributed by atoms with Crippen molar-refractivity contribution in [3.8, 4) is 0 Å². The van der Waals surface area contributed by atoms with E-state index in [2.05, 4.69) is 34.0 Å². The number of hydrogen-bond acceptors (Lipinski definition) is 3. The molecule has 0 radical (unpaired) electrons. The lowest BCUT2D eigenvalue weighted by atomic mass is 10.1. The van der Waals surface area contributed by atoms with Crippen LogP contribution in [-0.4, -0.2) is 15.6 Å². The maximum absolute atomic E-state index is 5.71. The molecule has 1 atom stereocenters. The Balaban J connectivity index is 1.79. The highest BCUT2D eigenvalue weighted by molar-refractivity contribution is 5.74. The van der Waals surface area contributed by atoms with Gasteiger partial charge in [0.2, 0.25) is 0 Å². The number of nitrogens with two attached hydrogens (primary N) is 1. The Morgan fingerprint density at radius 1 is 1.14 bits per heavy atom. The Bertz CT molecular complexity index is 520. The molecule has 2 rings (SSSR count). The number of unbranched alkanes of at least 4 members (excludes halogenated alkanes) is 5. The van der Waals surface area contributed by atoms with Crippen LogP contribution in [0.25, 0.3) is 11.0 Å². The molecule has 4 heteroatoms. The van der Waals surface area contributed by atoms with Crippen molar-refractivity contribution in [1.29, 1.82) is 0 Å². The Morgan fingerprint density at radius 3 is 2.71 bits per heavy atom. The van der Waals surface area contributed by atoms with Crippen LogP contribution >= 0.6 is 0 Å². The van der Waals surface area contributed by atoms with E-state index in [4.69, 9.17) is 5.84 Å². The fourth-order valence-corrected chi connectivity index (χ4v) is 2.79. The number of hydrazine groups is 1. The smallest absolute Gasteiger partial charge is 0.0958 e. The first kappa shape index (κ1) is 16.0. The number of para-hydroxylation sites is 2. The molecule has 0 saturated heterocycles. The molecule has 2 aromatic rings. The molecular formula is C17H28N4. The third kappa shape index (κ3) is 4.83. The number of hydrogen-bond donors (Lipinski definition) is 2.